The van der Waals surface area contributed by atoms with E-state index in [0.29, 0.717) is 72.4 Å². The molecule has 626 valence electrons. The summed E-state index contributed by atoms with van der Waals surface area (Å²) in [6.45, 7) is 29.8. The minimum absolute atomic E-state index is 0.000462. The van der Waals surface area contributed by atoms with Crippen LogP contribution in [0.4, 0.5) is 17.1 Å². The maximum Gasteiger partial charge on any atom is 0.348 e. The second-order valence-corrected chi connectivity index (χ2v) is 42.0. The third-order valence-electron chi connectivity index (χ3n) is 23.1. The van der Waals surface area contributed by atoms with Crippen LogP contribution in [0, 0.1) is 87.3 Å². The van der Waals surface area contributed by atoms with Gasteiger partial charge in [-0.15, -0.1) is 45.8 Å². The van der Waals surface area contributed by atoms with Gasteiger partial charge in [0.05, 0.1) is 62.2 Å². The highest BCUT2D eigenvalue weighted by Crippen LogP contribution is 2.46. The first-order chi connectivity index (χ1) is 55.3. The summed E-state index contributed by atoms with van der Waals surface area (Å²) in [6, 6.07) is 13.4. The van der Waals surface area contributed by atoms with Gasteiger partial charge in [-0.25, -0.2) is 24.4 Å². The van der Waals surface area contributed by atoms with Gasteiger partial charge in [0, 0.05) is 101 Å². The van der Waals surface area contributed by atoms with Crippen molar-refractivity contribution in [3.8, 4) is 41.4 Å². The standard InChI is InChI=1S/C35H47N3O5S.2C28H37N3O3S2/c1-24-8-10-25(11-9-24)33(39)38(30-22-29(16-17-35(2,3)4)44-32(30)34(40)41)27-12-14-28(15-13-27)43-31-7-5-6-26(36-31)23-37-18-20-42-21-19-37;1-18-5-7-19(8-6-18)26(32)31(20-9-11-21(12-10-20)35-24-14-16-29-30-24)23-17-22(13-15-28(2,3)4)36-25(23)27(33)34;1-18-5-7-19(8-6-18)25(32)31(20-9-11-21(12-10-20)36-27-29-15-16-30-27)23-17-22(13-14-28(2,3)4)35-24(23)26(33)34/h5-7,22,24-25,27-28H,8-15,18-21,23H2,1-4H3,(H,40,41);14,16-21H,5-12H2,1-4H3,(H,29,30)(H,33,34);15,17-21H,5-12,16H2,1-4H3,(H,33,34). The number of H-pyrrole nitrogens is 1. The number of ether oxygens (including phenoxy) is 2. The van der Waals surface area contributed by atoms with Crippen LogP contribution in [-0.4, -0.2) is 150 Å². The maximum atomic E-state index is 14.2. The van der Waals surface area contributed by atoms with E-state index < -0.39 is 17.9 Å². The third-order valence-corrected chi connectivity index (χ3v) is 28.7. The van der Waals surface area contributed by atoms with Crippen LogP contribution in [0.15, 0.2) is 63.7 Å². The summed E-state index contributed by atoms with van der Waals surface area (Å²) in [4.78, 5) is 104. The highest BCUT2D eigenvalue weighted by molar-refractivity contribution is 8.14. The highest BCUT2D eigenvalue weighted by atomic mass is 32.2. The molecule has 6 saturated carbocycles. The molecular formula is C91H121N9O11S5. The van der Waals surface area contributed by atoms with Crippen molar-refractivity contribution in [2.45, 2.75) is 283 Å². The molecule has 0 spiro atoms. The fourth-order valence-corrected chi connectivity index (χ4v) is 21.4. The SMILES string of the molecule is CC1CCC(C(=O)N(c2cc(C#CC(C)(C)C)sc2C(=O)O)C2CCC(Oc3cccc(CN4CCOCC4)n3)CC2)CC1.CC1CCC(C(=O)N(c2cc(C#CC(C)(C)C)sc2C(=O)O)C2CCC(SC3=NCC=N3)CC2)CC1.CC1CCC(C(=O)N(c2cc(C#CC(C)(C)C)sc2C(=O)O)C2CCC(Sc3ccn[nH]3)CC2)CC1. The van der Waals surface area contributed by atoms with Crippen molar-refractivity contribution in [1.29, 1.82) is 0 Å². The van der Waals surface area contributed by atoms with Crippen LogP contribution in [0.2, 0.25) is 0 Å². The van der Waals surface area contributed by atoms with Crippen LogP contribution < -0.4 is 19.4 Å². The summed E-state index contributed by atoms with van der Waals surface area (Å²) in [5, 5.41) is 40.2. The summed E-state index contributed by atoms with van der Waals surface area (Å²) in [7, 11) is 0. The smallest absolute Gasteiger partial charge is 0.348 e. The molecule has 7 fully saturated rings. The number of nitrogens with one attached hydrogen (secondary N) is 1. The van der Waals surface area contributed by atoms with Crippen molar-refractivity contribution >= 4 is 122 Å². The monoisotopic (exact) mass is 1680 g/mol. The second-order valence-electron chi connectivity index (χ2n) is 36.2. The number of thioether (sulfide) groups is 2. The lowest BCUT2D eigenvalue weighted by atomic mass is 9.81. The molecular weight excluding hydrogens is 1560 g/mol. The largest absolute Gasteiger partial charge is 0.477 e. The molecule has 7 heterocycles. The number of aliphatic imine (C=N–C) groups is 2. The summed E-state index contributed by atoms with van der Waals surface area (Å²) in [5.41, 5.74) is 1.98. The number of rotatable bonds is 19. The van der Waals surface area contributed by atoms with Crippen molar-refractivity contribution < 1.29 is 53.6 Å². The Bertz CT molecular complexity index is 4430. The fraction of sp³-hybridized carbons (Fsp3) is 0.626. The second kappa shape index (κ2) is 41.1. The van der Waals surface area contributed by atoms with E-state index in [1.54, 1.807) is 29.7 Å². The van der Waals surface area contributed by atoms with Crippen molar-refractivity contribution in [3.05, 3.63) is 83.6 Å². The Morgan fingerprint density at radius 1 is 0.526 bits per heavy atom. The number of aromatic amines is 1. The Morgan fingerprint density at radius 2 is 0.914 bits per heavy atom. The normalized spacial score (nSPS) is 25.1. The summed E-state index contributed by atoms with van der Waals surface area (Å²) in [5.74, 6) is 18.8. The molecule has 116 heavy (non-hydrogen) atoms. The van der Waals surface area contributed by atoms with Crippen LogP contribution in [0.5, 0.6) is 5.88 Å². The summed E-state index contributed by atoms with van der Waals surface area (Å²) < 4.78 is 11.8. The quantitative estimate of drug-likeness (QED) is 0.0560. The average molecular weight is 1680 g/mol. The van der Waals surface area contributed by atoms with E-state index in [4.69, 9.17) is 14.5 Å². The Kier molecular flexibility index (Phi) is 31.7. The molecule has 20 nitrogen and oxygen atoms in total. The molecule has 5 aromatic rings. The molecule has 0 aromatic carbocycles. The van der Waals surface area contributed by atoms with Crippen molar-refractivity contribution in [3.63, 3.8) is 0 Å². The number of aromatic carboxylic acids is 3. The zero-order valence-corrected chi connectivity index (χ0v) is 74.1. The van der Waals surface area contributed by atoms with E-state index in [2.05, 4.69) is 81.4 Å². The van der Waals surface area contributed by atoms with Gasteiger partial charge in [-0.3, -0.25) is 29.4 Å². The number of carbonyl (C=O) groups excluding carboxylic acids is 3. The average Bonchev–Trinajstić information content (AvgIpc) is 1.57. The van der Waals surface area contributed by atoms with E-state index in [-0.39, 0.29) is 90.6 Å². The Hall–Kier alpha value is -7.28. The van der Waals surface area contributed by atoms with E-state index >= 15 is 0 Å². The van der Waals surface area contributed by atoms with Crippen LogP contribution in [0.1, 0.15) is 287 Å². The fourth-order valence-electron chi connectivity index (χ4n) is 16.7. The van der Waals surface area contributed by atoms with Crippen molar-refractivity contribution in [2.24, 2.45) is 61.7 Å². The molecule has 1 saturated heterocycles. The van der Waals surface area contributed by atoms with Gasteiger partial charge in [0.15, 0.2) is 5.17 Å². The molecule has 0 radical (unpaired) electrons. The van der Waals surface area contributed by atoms with Crippen molar-refractivity contribution in [2.75, 3.05) is 47.5 Å². The van der Waals surface area contributed by atoms with Gasteiger partial charge in [0.2, 0.25) is 23.6 Å². The zero-order valence-electron chi connectivity index (χ0n) is 70.1. The Balaban J connectivity index is 0.000000172. The van der Waals surface area contributed by atoms with Crippen LogP contribution in [0.3, 0.4) is 0 Å². The number of carboxylic acid groups (broad SMARTS) is 3. The molecule has 3 amide bonds. The topological polar surface area (TPSA) is 261 Å². The van der Waals surface area contributed by atoms with Crippen LogP contribution in [-0.2, 0) is 25.7 Å². The Morgan fingerprint density at radius 3 is 1.27 bits per heavy atom. The molecule has 0 atom stereocenters. The van der Waals surface area contributed by atoms with Gasteiger partial charge in [0.1, 0.15) is 20.7 Å². The number of pyridine rings is 1. The van der Waals surface area contributed by atoms with Gasteiger partial charge in [-0.05, 0) is 264 Å². The number of morpholine rings is 1. The van der Waals surface area contributed by atoms with E-state index in [0.717, 1.165) is 203 Å². The van der Waals surface area contributed by atoms with Gasteiger partial charge in [0.25, 0.3) is 0 Å². The molecule has 2 aliphatic heterocycles. The van der Waals surface area contributed by atoms with Gasteiger partial charge >= 0.3 is 17.9 Å². The van der Waals surface area contributed by atoms with Crippen LogP contribution in [0.25, 0.3) is 0 Å². The number of carbonyl (C=O) groups is 6. The van der Waals surface area contributed by atoms with E-state index in [1.807, 2.05) is 126 Å². The highest BCUT2D eigenvalue weighted by Gasteiger charge is 2.42. The van der Waals surface area contributed by atoms with Gasteiger partial charge < -0.3 is 39.5 Å². The maximum absolute atomic E-state index is 14.2. The lowest BCUT2D eigenvalue weighted by Gasteiger charge is -2.39. The lowest BCUT2D eigenvalue weighted by Crippen LogP contribution is -2.47. The number of amidine groups is 1. The molecule has 25 heteroatoms. The Labute approximate surface area is 708 Å². The minimum Gasteiger partial charge on any atom is -0.477 e. The number of carboxylic acids is 3. The molecule has 0 unspecified atom stereocenters. The number of hydrogen-bond acceptors (Lipinski definition) is 18. The zero-order chi connectivity index (χ0) is 83.0. The van der Waals surface area contributed by atoms with Crippen LogP contribution >= 0.6 is 57.5 Å². The lowest BCUT2D eigenvalue weighted by molar-refractivity contribution is -0.125. The first-order valence-corrected chi connectivity index (χ1v) is 46.5. The molecule has 6 aliphatic carbocycles. The number of anilines is 3. The predicted octanol–water partition coefficient (Wildman–Crippen LogP) is 19.9. The molecule has 4 N–H and O–H groups in total. The summed E-state index contributed by atoms with van der Waals surface area (Å²) >= 11 is 7.08. The predicted molar refractivity (Wildman–Crippen MR) is 471 cm³/mol. The molecule has 0 bridgehead atoms. The van der Waals surface area contributed by atoms with Gasteiger partial charge in [-0.1, -0.05) is 74.1 Å². The third kappa shape index (κ3) is 25.9. The first kappa shape index (κ1) is 89.5. The summed E-state index contributed by atoms with van der Waals surface area (Å²) in [6.07, 6.45) is 25.4. The molecule has 5 aromatic heterocycles. The number of amides is 3. The first-order valence-electron chi connectivity index (χ1n) is 42.3. The molecule has 8 aliphatic rings. The number of hydrogen-bond donors (Lipinski definition) is 4. The van der Waals surface area contributed by atoms with Crippen molar-refractivity contribution in [1.82, 2.24) is 20.1 Å². The number of nitrogens with zero attached hydrogens (tertiary/aromatic N) is 8. The van der Waals surface area contributed by atoms with Gasteiger partial charge in [-0.2, -0.15) is 5.10 Å². The molecule has 13 rings (SSSR count). The minimum atomic E-state index is -1.01. The number of thiophene rings is 3. The van der Waals surface area contributed by atoms with E-state index in [1.165, 1.54) is 34.0 Å². The van der Waals surface area contributed by atoms with E-state index in [9.17, 15) is 44.1 Å². The number of aromatic nitrogens is 3.